The van der Waals surface area contributed by atoms with Crippen molar-refractivity contribution < 1.29 is 0 Å². The topological polar surface area (TPSA) is 91.0 Å². The number of rotatable bonds is 15. The van der Waals surface area contributed by atoms with Gasteiger partial charge in [0.05, 0.1) is 0 Å². The van der Waals surface area contributed by atoms with E-state index >= 15 is 0 Å². The van der Waals surface area contributed by atoms with Crippen LogP contribution in [-0.2, 0) is 19.6 Å². The Morgan fingerprint density at radius 2 is 0.391 bits per heavy atom. The Kier molecular flexibility index (Phi) is 12.6. The Bertz CT molecular complexity index is 2570. The lowest BCUT2D eigenvalue weighted by molar-refractivity contribution is 1.07. The quantitative estimate of drug-likeness (QED) is 0.0947. The minimum Gasteiger partial charge on any atom is -0.326 e. The summed E-state index contributed by atoms with van der Waals surface area (Å²) in [4.78, 5) is 9.12. The van der Waals surface area contributed by atoms with Crippen LogP contribution >= 0.6 is 0 Å². The first-order chi connectivity index (χ1) is 31.6. The molecule has 9 aromatic carbocycles. The molecule has 0 saturated carbocycles. The highest BCUT2D eigenvalue weighted by molar-refractivity contribution is 5.85. The van der Waals surface area contributed by atoms with E-state index in [1.165, 1.54) is 0 Å². The summed E-state index contributed by atoms with van der Waals surface area (Å²) in [7, 11) is 0. The van der Waals surface area contributed by atoms with Crippen LogP contribution in [0.5, 0.6) is 0 Å². The zero-order valence-corrected chi connectivity index (χ0v) is 35.7. The molecule has 9 rings (SSSR count). The van der Waals surface area contributed by atoms with Crippen molar-refractivity contribution in [1.29, 1.82) is 0 Å². The number of anilines is 12. The second-order valence-electron chi connectivity index (χ2n) is 15.5. The number of nitrogens with zero attached hydrogens (tertiary/aromatic N) is 4. The fourth-order valence-electron chi connectivity index (χ4n) is 8.24. The largest absolute Gasteiger partial charge is 0.326 e. The summed E-state index contributed by atoms with van der Waals surface area (Å²) in [5.74, 6) is 0. The second-order valence-corrected chi connectivity index (χ2v) is 15.5. The summed E-state index contributed by atoms with van der Waals surface area (Å²) in [5, 5.41) is 0. The van der Waals surface area contributed by atoms with Crippen molar-refractivity contribution in [2.24, 2.45) is 17.2 Å². The van der Waals surface area contributed by atoms with E-state index in [9.17, 15) is 0 Å². The molecule has 0 fully saturated rings. The maximum absolute atomic E-state index is 6.11. The van der Waals surface area contributed by atoms with E-state index in [-0.39, 0.29) is 0 Å². The summed E-state index contributed by atoms with van der Waals surface area (Å²) >= 11 is 0. The molecule has 7 heteroatoms. The summed E-state index contributed by atoms with van der Waals surface area (Å²) in [5.41, 5.74) is 34.0. The van der Waals surface area contributed by atoms with E-state index in [0.717, 1.165) is 84.9 Å². The van der Waals surface area contributed by atoms with Crippen molar-refractivity contribution in [2.75, 3.05) is 19.6 Å². The monoisotopic (exact) mass is 833 g/mol. The smallest absolute Gasteiger partial charge is 0.0464 e. The summed E-state index contributed by atoms with van der Waals surface area (Å²) in [6, 6.07) is 83.0. The molecule has 0 aromatic heterocycles. The first-order valence-corrected chi connectivity index (χ1v) is 21.6. The van der Waals surface area contributed by atoms with Gasteiger partial charge in [-0.25, -0.2) is 0 Å². The molecule has 0 aliphatic heterocycles. The zero-order valence-electron chi connectivity index (χ0n) is 35.7. The van der Waals surface area contributed by atoms with Crippen molar-refractivity contribution in [3.8, 4) is 0 Å². The van der Waals surface area contributed by atoms with Gasteiger partial charge < -0.3 is 36.8 Å². The average molecular weight is 834 g/mol. The number of hydrogen-bond acceptors (Lipinski definition) is 7. The molecule has 0 aliphatic rings. The molecule has 0 bridgehead atoms. The number of hydrogen-bond donors (Lipinski definition) is 3. The zero-order chi connectivity index (χ0) is 43.7. The Balaban J connectivity index is 1.14. The fourth-order valence-corrected chi connectivity index (χ4v) is 8.24. The van der Waals surface area contributed by atoms with Gasteiger partial charge in [-0.2, -0.15) is 0 Å². The van der Waals surface area contributed by atoms with Crippen LogP contribution in [0.15, 0.2) is 237 Å². The summed E-state index contributed by atoms with van der Waals surface area (Å²) in [6.07, 6.45) is 0. The van der Waals surface area contributed by atoms with Crippen molar-refractivity contribution in [3.63, 3.8) is 0 Å². The molecular weight excluding hydrogens is 783 g/mol. The van der Waals surface area contributed by atoms with Gasteiger partial charge in [0.25, 0.3) is 0 Å². The van der Waals surface area contributed by atoms with E-state index in [1.807, 2.05) is 18.2 Å². The van der Waals surface area contributed by atoms with Gasteiger partial charge in [0.15, 0.2) is 0 Å². The molecule has 0 spiro atoms. The highest BCUT2D eigenvalue weighted by Crippen LogP contribution is 2.43. The molecule has 0 amide bonds. The van der Waals surface area contributed by atoms with Crippen molar-refractivity contribution in [3.05, 3.63) is 253 Å². The third-order valence-corrected chi connectivity index (χ3v) is 11.4. The van der Waals surface area contributed by atoms with Gasteiger partial charge in [-0.05, 0) is 162 Å². The lowest BCUT2D eigenvalue weighted by atomic mass is 10.1. The molecular formula is C57H51N7. The first kappa shape index (κ1) is 41.4. The van der Waals surface area contributed by atoms with Gasteiger partial charge in [0.2, 0.25) is 0 Å². The molecule has 0 unspecified atom stereocenters. The maximum atomic E-state index is 6.11. The van der Waals surface area contributed by atoms with Crippen LogP contribution in [-0.4, -0.2) is 0 Å². The molecule has 314 valence electrons. The van der Waals surface area contributed by atoms with Crippen LogP contribution < -0.4 is 36.8 Å². The molecule has 0 radical (unpaired) electrons. The summed E-state index contributed by atoms with van der Waals surface area (Å²) < 4.78 is 0. The lowest BCUT2D eigenvalue weighted by Gasteiger charge is -2.30. The average Bonchev–Trinajstić information content (AvgIpc) is 3.37. The third-order valence-electron chi connectivity index (χ3n) is 11.4. The van der Waals surface area contributed by atoms with Gasteiger partial charge in [0.1, 0.15) is 0 Å². The lowest BCUT2D eigenvalue weighted by Crippen LogP contribution is -2.14. The fraction of sp³-hybridized carbons (Fsp3) is 0.0526. The molecule has 0 heterocycles. The minimum absolute atomic E-state index is 0.467. The number of nitrogens with two attached hydrogens (primary N) is 3. The van der Waals surface area contributed by atoms with E-state index in [2.05, 4.69) is 238 Å². The highest BCUT2D eigenvalue weighted by atomic mass is 15.2. The highest BCUT2D eigenvalue weighted by Gasteiger charge is 2.20. The maximum Gasteiger partial charge on any atom is 0.0464 e. The van der Waals surface area contributed by atoms with Crippen molar-refractivity contribution in [2.45, 2.75) is 19.6 Å². The molecule has 0 atom stereocenters. The number of para-hydroxylation sites is 3. The van der Waals surface area contributed by atoms with Crippen LogP contribution in [0.4, 0.5) is 68.2 Å². The van der Waals surface area contributed by atoms with Crippen LogP contribution in [0.25, 0.3) is 0 Å². The predicted octanol–water partition coefficient (Wildman–Crippen LogP) is 13.9. The van der Waals surface area contributed by atoms with E-state index in [4.69, 9.17) is 17.2 Å². The molecule has 7 nitrogen and oxygen atoms in total. The third kappa shape index (κ3) is 9.00. The van der Waals surface area contributed by atoms with E-state index < -0.39 is 0 Å². The minimum atomic E-state index is 0.467. The van der Waals surface area contributed by atoms with E-state index in [1.54, 1.807) is 0 Å². The Morgan fingerprint density at radius 1 is 0.203 bits per heavy atom. The van der Waals surface area contributed by atoms with Crippen molar-refractivity contribution in [1.82, 2.24) is 0 Å². The van der Waals surface area contributed by atoms with Crippen LogP contribution in [0.3, 0.4) is 0 Å². The predicted molar refractivity (Wildman–Crippen MR) is 269 cm³/mol. The normalized spacial score (nSPS) is 10.9. The van der Waals surface area contributed by atoms with Gasteiger partial charge in [-0.3, -0.25) is 0 Å². The SMILES string of the molecule is NCc1cccc(N(c2ccccc2)c2ccc(N(c3ccc(N(c4ccccc4)c4cccc(CN)c4)cc3)c3ccc(N(c4ccccc4)c4cccc(CN)c4)cc3)cc2)c1. The molecule has 0 saturated heterocycles. The Morgan fingerprint density at radius 3 is 0.609 bits per heavy atom. The molecule has 6 N–H and O–H groups in total. The Labute approximate surface area is 376 Å². The molecule has 9 aromatic rings. The van der Waals surface area contributed by atoms with Gasteiger partial charge in [-0.15, -0.1) is 0 Å². The number of benzene rings is 9. The second kappa shape index (κ2) is 19.4. The first-order valence-electron chi connectivity index (χ1n) is 21.6. The molecule has 64 heavy (non-hydrogen) atoms. The van der Waals surface area contributed by atoms with Crippen LogP contribution in [0.1, 0.15) is 16.7 Å². The van der Waals surface area contributed by atoms with Gasteiger partial charge in [0, 0.05) is 87.9 Å². The van der Waals surface area contributed by atoms with Gasteiger partial charge >= 0.3 is 0 Å². The van der Waals surface area contributed by atoms with Crippen LogP contribution in [0, 0.1) is 0 Å². The standard InChI is InChI=1S/C57H51N7/c58-40-43-13-10-22-55(37-43)62(46-16-4-1-5-17-46)52-31-25-49(26-32-52)61(50-27-33-53(34-28-50)63(47-18-6-2-7-19-47)56-23-11-14-44(38-56)41-59)51-29-35-54(36-30-51)64(48-20-8-3-9-21-48)57-24-12-15-45(39-57)42-60/h1-39H,40-42,58-60H2. The van der Waals surface area contributed by atoms with E-state index in [0.29, 0.717) is 19.6 Å². The van der Waals surface area contributed by atoms with Crippen molar-refractivity contribution >= 4 is 68.2 Å². The summed E-state index contributed by atoms with van der Waals surface area (Å²) in [6.45, 7) is 1.40. The van der Waals surface area contributed by atoms with Crippen LogP contribution in [0.2, 0.25) is 0 Å². The van der Waals surface area contributed by atoms with Gasteiger partial charge in [-0.1, -0.05) is 91.0 Å². The molecule has 0 aliphatic carbocycles. The Hall–Kier alpha value is -7.94.